The minimum Gasteiger partial charge on any atom is -0.388 e. The largest absolute Gasteiger partial charge is 0.388 e. The lowest BCUT2D eigenvalue weighted by atomic mass is 9.61. The van der Waals surface area contributed by atoms with Crippen molar-refractivity contribution in [1.82, 2.24) is 15.1 Å². The quantitative estimate of drug-likeness (QED) is 0.378. The molecule has 36 heavy (non-hydrogen) atoms. The van der Waals surface area contributed by atoms with Crippen molar-refractivity contribution >= 4 is 22.3 Å². The molecule has 8 nitrogen and oxygen atoms in total. The number of rotatable bonds is 2. The van der Waals surface area contributed by atoms with E-state index >= 15 is 0 Å². The van der Waals surface area contributed by atoms with Crippen LogP contribution in [-0.4, -0.2) is 79.6 Å². The van der Waals surface area contributed by atoms with Crippen LogP contribution in [0, 0.1) is 11.3 Å². The molecule has 0 radical (unpaired) electrons. The summed E-state index contributed by atoms with van der Waals surface area (Å²) in [4.78, 5) is 1.87. The summed E-state index contributed by atoms with van der Waals surface area (Å²) in [5.74, 6) is 0.680. The van der Waals surface area contributed by atoms with E-state index in [1.807, 2.05) is 31.1 Å². The Morgan fingerprint density at radius 3 is 2.69 bits per heavy atom. The number of likely N-dealkylation sites (N-methyl/N-ethyl adjacent to an activating group) is 1. The third-order valence-corrected chi connectivity index (χ3v) is 9.52. The summed E-state index contributed by atoms with van der Waals surface area (Å²) < 4.78 is 0. The summed E-state index contributed by atoms with van der Waals surface area (Å²) in [5.41, 5.74) is 10.1. The predicted octanol–water partition coefficient (Wildman–Crippen LogP) is 2.12. The van der Waals surface area contributed by atoms with Gasteiger partial charge in [-0.1, -0.05) is 30.7 Å². The fourth-order valence-electron chi connectivity index (χ4n) is 7.50. The lowest BCUT2D eigenvalue weighted by Crippen LogP contribution is -2.58. The van der Waals surface area contributed by atoms with E-state index in [2.05, 4.69) is 35.3 Å². The number of allylic oxidation sites excluding steroid dienone is 3. The van der Waals surface area contributed by atoms with Crippen LogP contribution in [0.25, 0.3) is 16.5 Å². The van der Waals surface area contributed by atoms with E-state index in [1.54, 1.807) is 0 Å². The number of hydrogen-bond acceptors (Lipinski definition) is 7. The third kappa shape index (κ3) is 3.28. The second kappa shape index (κ2) is 8.00. The second-order valence-corrected chi connectivity index (χ2v) is 11.7. The summed E-state index contributed by atoms with van der Waals surface area (Å²) in [6.07, 6.45) is 4.06. The Balaban J connectivity index is 1.37. The summed E-state index contributed by atoms with van der Waals surface area (Å²) in [6.45, 7) is 2.23. The Morgan fingerprint density at radius 2 is 1.94 bits per heavy atom. The fourth-order valence-corrected chi connectivity index (χ4v) is 7.50. The number of nitrogens with zero attached hydrogens (tertiary/aromatic N) is 2. The number of nitrogen functional groups attached to an aromatic ring is 1. The van der Waals surface area contributed by atoms with E-state index in [0.717, 1.165) is 34.0 Å². The van der Waals surface area contributed by atoms with Crippen LogP contribution in [0.1, 0.15) is 44.6 Å². The highest BCUT2D eigenvalue weighted by atomic mass is 16.3. The van der Waals surface area contributed by atoms with Crippen molar-refractivity contribution in [1.29, 1.82) is 0 Å². The van der Waals surface area contributed by atoms with Crippen LogP contribution in [0.15, 0.2) is 47.1 Å². The van der Waals surface area contributed by atoms with Crippen molar-refractivity contribution in [3.63, 3.8) is 0 Å². The smallest absolute Gasteiger partial charge is 0.153 e. The standard InChI is InChI=1S/C28H36N4O4/c1-27-13-23(33)17-11-20-24(34)25(35)22(32(2)3)12-28(20,36)9-8-15(17)19(27)7-6-18(27)14-4-5-16-21(10-14)30-31-26(16)29/h4-6,10-11,19,22-25,33-36H,7-9,12-13H2,1-3H3,(H3,29,30,31)/t19?,22-,23?,24+,25+,27+,28+/m0/s1. The maximum absolute atomic E-state index is 11.7. The average Bonchev–Trinajstić information content (AvgIpc) is 3.31. The number of aromatic nitrogens is 2. The molecule has 1 heterocycles. The van der Waals surface area contributed by atoms with E-state index in [0.29, 0.717) is 37.1 Å². The Kier molecular flexibility index (Phi) is 5.31. The molecule has 7 N–H and O–H groups in total. The van der Waals surface area contributed by atoms with Crippen LogP contribution in [0.4, 0.5) is 5.82 Å². The van der Waals surface area contributed by atoms with Crippen LogP contribution < -0.4 is 5.73 Å². The lowest BCUT2D eigenvalue weighted by Gasteiger charge is -2.46. The summed E-state index contributed by atoms with van der Waals surface area (Å²) in [7, 11) is 3.71. The molecule has 1 fully saturated rings. The number of fused-ring (bicyclic) bond motifs is 4. The Morgan fingerprint density at radius 1 is 1.17 bits per heavy atom. The number of nitrogens with one attached hydrogen (secondary N) is 1. The first-order valence-corrected chi connectivity index (χ1v) is 12.9. The first-order valence-electron chi connectivity index (χ1n) is 12.9. The van der Waals surface area contributed by atoms with E-state index in [1.165, 1.54) is 5.57 Å². The van der Waals surface area contributed by atoms with Gasteiger partial charge in [-0.05, 0) is 86.5 Å². The van der Waals surface area contributed by atoms with Gasteiger partial charge in [-0.2, -0.15) is 5.10 Å². The van der Waals surface area contributed by atoms with Crippen molar-refractivity contribution < 1.29 is 20.4 Å². The summed E-state index contributed by atoms with van der Waals surface area (Å²) in [5, 5.41) is 53.1. The zero-order valence-corrected chi connectivity index (χ0v) is 21.1. The van der Waals surface area contributed by atoms with Gasteiger partial charge in [0.2, 0.25) is 0 Å². The first kappa shape index (κ1) is 23.9. The van der Waals surface area contributed by atoms with Gasteiger partial charge < -0.3 is 31.1 Å². The van der Waals surface area contributed by atoms with Gasteiger partial charge >= 0.3 is 0 Å². The first-order chi connectivity index (χ1) is 17.0. The maximum Gasteiger partial charge on any atom is 0.153 e. The molecule has 0 amide bonds. The van der Waals surface area contributed by atoms with E-state index < -0.39 is 23.9 Å². The zero-order valence-electron chi connectivity index (χ0n) is 21.1. The van der Waals surface area contributed by atoms with Crippen LogP contribution in [0.3, 0.4) is 0 Å². The molecule has 7 atom stereocenters. The van der Waals surface area contributed by atoms with E-state index in [4.69, 9.17) is 5.73 Å². The van der Waals surface area contributed by atoms with Crippen molar-refractivity contribution in [2.75, 3.05) is 19.8 Å². The molecular weight excluding hydrogens is 456 g/mol. The highest BCUT2D eigenvalue weighted by Gasteiger charge is 2.53. The van der Waals surface area contributed by atoms with Crippen molar-refractivity contribution in [2.24, 2.45) is 11.3 Å². The maximum atomic E-state index is 11.7. The van der Waals surface area contributed by atoms with Crippen LogP contribution in [0.5, 0.6) is 0 Å². The minimum atomic E-state index is -1.22. The highest BCUT2D eigenvalue weighted by Crippen LogP contribution is 2.60. The van der Waals surface area contributed by atoms with Gasteiger partial charge in [0.1, 0.15) is 6.10 Å². The number of H-pyrrole nitrogens is 1. The molecule has 0 aliphatic heterocycles. The molecule has 4 aliphatic rings. The molecule has 0 spiro atoms. The molecule has 4 aliphatic carbocycles. The number of aliphatic hydroxyl groups excluding tert-OH is 3. The van der Waals surface area contributed by atoms with Crippen molar-refractivity contribution in [2.45, 2.75) is 69.0 Å². The molecule has 0 bridgehead atoms. The van der Waals surface area contributed by atoms with Crippen LogP contribution >= 0.6 is 0 Å². The Hall–Kier alpha value is -2.49. The summed E-state index contributed by atoms with van der Waals surface area (Å²) in [6, 6.07) is 5.81. The molecule has 2 aromatic rings. The molecule has 8 heteroatoms. The van der Waals surface area contributed by atoms with E-state index in [9.17, 15) is 20.4 Å². The van der Waals surface area contributed by atoms with Crippen molar-refractivity contribution in [3.05, 3.63) is 52.6 Å². The molecule has 1 saturated carbocycles. The van der Waals surface area contributed by atoms with Gasteiger partial charge in [0.25, 0.3) is 0 Å². The van der Waals surface area contributed by atoms with E-state index in [-0.39, 0.29) is 17.4 Å². The summed E-state index contributed by atoms with van der Waals surface area (Å²) >= 11 is 0. The lowest BCUT2D eigenvalue weighted by molar-refractivity contribution is -0.0922. The SMILES string of the molecule is CN(C)[C@H]1C[C@]2(O)CCC3=C(C=C2[C@@H](O)[C@@H]1O)C(O)C[C@]1(C)C(c2ccc4c(N)n[nH]c4c2)=CCC31. The fraction of sp³-hybridized carbons (Fsp3) is 0.536. The topological polar surface area (TPSA) is 139 Å². The number of aromatic amines is 1. The molecule has 6 rings (SSSR count). The molecule has 0 saturated heterocycles. The Bertz CT molecular complexity index is 1330. The molecular formula is C28H36N4O4. The zero-order chi connectivity index (χ0) is 25.6. The Labute approximate surface area is 210 Å². The molecule has 192 valence electrons. The number of anilines is 1. The van der Waals surface area contributed by atoms with Crippen LogP contribution in [0.2, 0.25) is 0 Å². The van der Waals surface area contributed by atoms with Crippen molar-refractivity contribution in [3.8, 4) is 0 Å². The minimum absolute atomic E-state index is 0.195. The second-order valence-electron chi connectivity index (χ2n) is 11.7. The number of benzene rings is 1. The van der Waals surface area contributed by atoms with Gasteiger partial charge in [0.05, 0.1) is 23.3 Å². The number of hydrogen-bond donors (Lipinski definition) is 6. The third-order valence-electron chi connectivity index (χ3n) is 9.52. The number of nitrogens with two attached hydrogens (primary N) is 1. The van der Waals surface area contributed by atoms with Gasteiger partial charge in [-0.25, -0.2) is 0 Å². The average molecular weight is 493 g/mol. The molecule has 1 aromatic carbocycles. The molecule has 1 aromatic heterocycles. The van der Waals surface area contributed by atoms with Gasteiger partial charge in [0.15, 0.2) is 5.82 Å². The van der Waals surface area contributed by atoms with Crippen LogP contribution in [-0.2, 0) is 0 Å². The van der Waals surface area contributed by atoms with Gasteiger partial charge in [0, 0.05) is 16.8 Å². The monoisotopic (exact) mass is 492 g/mol. The predicted molar refractivity (Wildman–Crippen MR) is 139 cm³/mol. The van der Waals surface area contributed by atoms with Gasteiger partial charge in [-0.3, -0.25) is 5.10 Å². The number of aliphatic hydroxyl groups is 4. The highest BCUT2D eigenvalue weighted by molar-refractivity contribution is 5.91. The normalized spacial score (nSPS) is 38.4. The molecule has 2 unspecified atom stereocenters. The van der Waals surface area contributed by atoms with Gasteiger partial charge in [-0.15, -0.1) is 0 Å².